The highest BCUT2D eigenvalue weighted by molar-refractivity contribution is 7.81. The van der Waals surface area contributed by atoms with Crippen LogP contribution >= 0.6 is 12.6 Å². The van der Waals surface area contributed by atoms with Crippen LogP contribution in [-0.4, -0.2) is 25.1 Å². The molecule has 0 spiro atoms. The van der Waals surface area contributed by atoms with Crippen LogP contribution in [0.1, 0.15) is 12.5 Å². The van der Waals surface area contributed by atoms with E-state index in [1.807, 2.05) is 0 Å². The number of thiol groups is 1. The zero-order valence-corrected chi connectivity index (χ0v) is 11.1. The summed E-state index contributed by atoms with van der Waals surface area (Å²) in [5.74, 6) is -1.51. The second-order valence-electron chi connectivity index (χ2n) is 4.32. The molecule has 2 aromatic rings. The van der Waals surface area contributed by atoms with Crippen LogP contribution in [0, 0.1) is 11.6 Å². The Morgan fingerprint density at radius 3 is 2.74 bits per heavy atom. The summed E-state index contributed by atoms with van der Waals surface area (Å²) in [7, 11) is 0. The van der Waals surface area contributed by atoms with Gasteiger partial charge in [0.05, 0.1) is 6.54 Å². The van der Waals surface area contributed by atoms with Gasteiger partial charge in [0.25, 0.3) is 0 Å². The Kier molecular flexibility index (Phi) is 3.86. The van der Waals surface area contributed by atoms with Gasteiger partial charge in [-0.05, 0) is 6.07 Å². The summed E-state index contributed by atoms with van der Waals surface area (Å²) in [4.78, 5) is 3.76. The van der Waals surface area contributed by atoms with E-state index in [-0.39, 0.29) is 12.1 Å². The fourth-order valence-electron chi connectivity index (χ4n) is 1.84. The van der Waals surface area contributed by atoms with Gasteiger partial charge in [0.1, 0.15) is 29.9 Å². The van der Waals surface area contributed by atoms with Crippen LogP contribution in [0.2, 0.25) is 0 Å². The van der Waals surface area contributed by atoms with Crippen LogP contribution in [0.4, 0.5) is 8.78 Å². The van der Waals surface area contributed by atoms with Gasteiger partial charge >= 0.3 is 0 Å². The third kappa shape index (κ3) is 2.76. The molecular formula is C12H13F2N3OS. The molecule has 1 N–H and O–H groups in total. The van der Waals surface area contributed by atoms with Crippen molar-refractivity contribution in [3.05, 3.63) is 48.1 Å². The minimum atomic E-state index is -1.62. The molecule has 0 amide bonds. The smallest absolute Gasteiger partial charge is 0.137 e. The quantitative estimate of drug-likeness (QED) is 0.842. The highest BCUT2D eigenvalue weighted by Crippen LogP contribution is 2.32. The summed E-state index contributed by atoms with van der Waals surface area (Å²) >= 11 is 4.20. The van der Waals surface area contributed by atoms with Crippen LogP contribution in [0.5, 0.6) is 0 Å². The molecule has 19 heavy (non-hydrogen) atoms. The molecule has 0 aliphatic heterocycles. The van der Waals surface area contributed by atoms with Crippen LogP contribution in [0.25, 0.3) is 0 Å². The molecule has 1 aromatic carbocycles. The number of halogens is 2. The van der Waals surface area contributed by atoms with Crippen LogP contribution in [0.3, 0.4) is 0 Å². The van der Waals surface area contributed by atoms with Gasteiger partial charge in [0.15, 0.2) is 0 Å². The largest absolute Gasteiger partial charge is 0.382 e. The van der Waals surface area contributed by atoms with Crippen molar-refractivity contribution in [2.75, 3.05) is 0 Å². The molecule has 7 heteroatoms. The summed E-state index contributed by atoms with van der Waals surface area (Å²) < 4.78 is 28.2. The minimum Gasteiger partial charge on any atom is -0.382 e. The molecule has 0 radical (unpaired) electrons. The first-order chi connectivity index (χ1) is 8.93. The van der Waals surface area contributed by atoms with Crippen molar-refractivity contribution in [2.24, 2.45) is 0 Å². The Bertz CT molecular complexity index is 562. The van der Waals surface area contributed by atoms with Gasteiger partial charge in [-0.15, -0.1) is 0 Å². The zero-order chi connectivity index (χ0) is 14.0. The lowest BCUT2D eigenvalue weighted by atomic mass is 9.90. The maximum atomic E-state index is 13.9. The first-order valence-electron chi connectivity index (χ1n) is 5.62. The van der Waals surface area contributed by atoms with E-state index in [4.69, 9.17) is 0 Å². The van der Waals surface area contributed by atoms with E-state index in [1.54, 1.807) is 6.92 Å². The Balaban J connectivity index is 2.43. The maximum Gasteiger partial charge on any atom is 0.137 e. The Labute approximate surface area is 114 Å². The third-order valence-corrected chi connectivity index (χ3v) is 3.39. The highest BCUT2D eigenvalue weighted by Gasteiger charge is 2.37. The summed E-state index contributed by atoms with van der Waals surface area (Å²) in [6.45, 7) is 1.60. The second kappa shape index (κ2) is 5.26. The lowest BCUT2D eigenvalue weighted by molar-refractivity contribution is 0.0138. The van der Waals surface area contributed by atoms with Crippen molar-refractivity contribution in [3.63, 3.8) is 0 Å². The summed E-state index contributed by atoms with van der Waals surface area (Å²) in [6, 6.07) is 3.05. The van der Waals surface area contributed by atoms with Gasteiger partial charge in [-0.3, -0.25) is 0 Å². The number of hydrogen-bond acceptors (Lipinski definition) is 4. The number of nitrogens with zero attached hydrogens (tertiary/aromatic N) is 3. The molecule has 0 fully saturated rings. The van der Waals surface area contributed by atoms with Gasteiger partial charge in [0, 0.05) is 16.9 Å². The maximum absolute atomic E-state index is 13.9. The minimum absolute atomic E-state index is 0.0214. The lowest BCUT2D eigenvalue weighted by Gasteiger charge is -2.32. The number of rotatable bonds is 4. The number of benzene rings is 1. The van der Waals surface area contributed by atoms with Gasteiger partial charge in [-0.2, -0.15) is 17.7 Å². The van der Waals surface area contributed by atoms with E-state index >= 15 is 0 Å². The Morgan fingerprint density at radius 2 is 2.21 bits per heavy atom. The van der Waals surface area contributed by atoms with E-state index in [2.05, 4.69) is 22.7 Å². The number of aromatic nitrogens is 3. The second-order valence-corrected chi connectivity index (χ2v) is 5.09. The third-order valence-electron chi connectivity index (χ3n) is 2.96. The fraction of sp³-hybridized carbons (Fsp3) is 0.333. The first kappa shape index (κ1) is 14.0. The summed E-state index contributed by atoms with van der Waals surface area (Å²) in [5, 5.41) is 14.0. The molecule has 4 nitrogen and oxygen atoms in total. The van der Waals surface area contributed by atoms with Crippen molar-refractivity contribution < 1.29 is 13.9 Å². The van der Waals surface area contributed by atoms with Crippen LogP contribution < -0.4 is 0 Å². The molecule has 0 saturated carbocycles. The van der Waals surface area contributed by atoms with Crippen molar-refractivity contribution >= 4 is 12.6 Å². The average Bonchev–Trinajstić information content (AvgIpc) is 2.81. The molecule has 0 aliphatic carbocycles. The Hall–Kier alpha value is -1.47. The monoisotopic (exact) mass is 285 g/mol. The van der Waals surface area contributed by atoms with Crippen molar-refractivity contribution in [2.45, 2.75) is 24.3 Å². The van der Waals surface area contributed by atoms with Gasteiger partial charge in [-0.25, -0.2) is 18.4 Å². The predicted molar refractivity (Wildman–Crippen MR) is 68.7 cm³/mol. The summed E-state index contributed by atoms with van der Waals surface area (Å²) in [5.41, 5.74) is -1.64. The molecule has 1 heterocycles. The van der Waals surface area contributed by atoms with Gasteiger partial charge in [-0.1, -0.05) is 13.0 Å². The molecule has 2 atom stereocenters. The molecule has 0 saturated heterocycles. The fourth-order valence-corrected chi connectivity index (χ4v) is 2.06. The van der Waals surface area contributed by atoms with Crippen LogP contribution in [-0.2, 0) is 12.1 Å². The molecule has 102 valence electrons. The molecular weight excluding hydrogens is 272 g/mol. The summed E-state index contributed by atoms with van der Waals surface area (Å²) in [6.07, 6.45) is 2.72. The van der Waals surface area contributed by atoms with E-state index < -0.39 is 22.5 Å². The zero-order valence-electron chi connectivity index (χ0n) is 10.2. The average molecular weight is 285 g/mol. The molecule has 0 aliphatic rings. The van der Waals surface area contributed by atoms with Gasteiger partial charge < -0.3 is 5.11 Å². The topological polar surface area (TPSA) is 50.9 Å². The Morgan fingerprint density at radius 1 is 1.47 bits per heavy atom. The predicted octanol–water partition coefficient (Wildman–Crippen LogP) is 1.76. The lowest BCUT2D eigenvalue weighted by Crippen LogP contribution is -2.40. The molecule has 1 aromatic heterocycles. The van der Waals surface area contributed by atoms with E-state index in [0.717, 1.165) is 12.1 Å². The van der Waals surface area contributed by atoms with Gasteiger partial charge in [0.2, 0.25) is 0 Å². The van der Waals surface area contributed by atoms with E-state index in [0.29, 0.717) is 0 Å². The normalized spacial score (nSPS) is 16.1. The van der Waals surface area contributed by atoms with Crippen LogP contribution in [0.15, 0.2) is 30.9 Å². The first-order valence-corrected chi connectivity index (χ1v) is 6.13. The standard InChI is InChI=1S/C12H13F2N3OS/c1-8(19)12(18,5-17-7-15-6-16-17)10-3-2-9(13)4-11(10)14/h2-4,6-8,18-19H,5H2,1H3/t8-,12-/m0/s1. The highest BCUT2D eigenvalue weighted by atomic mass is 32.1. The SMILES string of the molecule is C[C@H](S)[C@@](O)(Cn1cncn1)c1ccc(F)cc1F. The van der Waals surface area contributed by atoms with Crippen molar-refractivity contribution in [1.29, 1.82) is 0 Å². The van der Waals surface area contributed by atoms with Crippen molar-refractivity contribution in [3.8, 4) is 0 Å². The molecule has 2 rings (SSSR count). The number of hydrogen-bond donors (Lipinski definition) is 2. The van der Waals surface area contributed by atoms with E-state index in [1.165, 1.54) is 23.4 Å². The van der Waals surface area contributed by atoms with Crippen molar-refractivity contribution in [1.82, 2.24) is 14.8 Å². The molecule has 0 unspecified atom stereocenters. The number of aliphatic hydroxyl groups is 1. The van der Waals surface area contributed by atoms with E-state index in [9.17, 15) is 13.9 Å². The molecule has 0 bridgehead atoms.